The van der Waals surface area contributed by atoms with Crippen molar-refractivity contribution in [3.8, 4) is 11.5 Å². The van der Waals surface area contributed by atoms with Crippen molar-refractivity contribution >= 4 is 11.6 Å². The molecule has 0 fully saturated rings. The number of nitrogens with zero attached hydrogens (tertiary/aromatic N) is 1. The number of benzene rings is 2. The lowest BCUT2D eigenvalue weighted by Crippen LogP contribution is -2.26. The molecule has 0 unspecified atom stereocenters. The van der Waals surface area contributed by atoms with E-state index in [0.29, 0.717) is 18.1 Å². The number of carbonyl (C=O) groups excluding carboxylic acids is 1. The van der Waals surface area contributed by atoms with Crippen LogP contribution in [0, 0.1) is 0 Å². The molecule has 132 valence electrons. The summed E-state index contributed by atoms with van der Waals surface area (Å²) in [6.45, 7) is 6.10. The molecule has 0 aliphatic carbocycles. The van der Waals surface area contributed by atoms with Crippen LogP contribution in [0.4, 0.5) is 0 Å². The average Bonchev–Trinajstić information content (AvgIpc) is 2.62. The molecule has 0 saturated carbocycles. The molecule has 0 aromatic heterocycles. The predicted molar refractivity (Wildman–Crippen MR) is 99.1 cm³/mol. The third-order valence-corrected chi connectivity index (χ3v) is 3.77. The molecule has 25 heavy (non-hydrogen) atoms. The maximum absolute atomic E-state index is 11.9. The second kappa shape index (κ2) is 8.87. The number of hydrogen-bond acceptors (Lipinski definition) is 4. The van der Waals surface area contributed by atoms with Crippen molar-refractivity contribution in [3.05, 3.63) is 59.7 Å². The van der Waals surface area contributed by atoms with E-state index in [-0.39, 0.29) is 18.3 Å². The molecular formula is C20H24N2O3. The van der Waals surface area contributed by atoms with Gasteiger partial charge in [-0.25, -0.2) is 5.43 Å². The van der Waals surface area contributed by atoms with Crippen LogP contribution in [0.1, 0.15) is 44.2 Å². The molecule has 5 heteroatoms. The Labute approximate surface area is 148 Å². The van der Waals surface area contributed by atoms with Crippen LogP contribution >= 0.6 is 0 Å². The molecule has 0 heterocycles. The number of phenols is 1. The van der Waals surface area contributed by atoms with E-state index < -0.39 is 0 Å². The van der Waals surface area contributed by atoms with Gasteiger partial charge >= 0.3 is 0 Å². The second-order valence-corrected chi connectivity index (χ2v) is 6.01. The van der Waals surface area contributed by atoms with Crippen molar-refractivity contribution in [2.75, 3.05) is 6.61 Å². The minimum Gasteiger partial charge on any atom is -0.508 e. The maximum Gasteiger partial charge on any atom is 0.277 e. The highest BCUT2D eigenvalue weighted by Crippen LogP contribution is 2.18. The lowest BCUT2D eigenvalue weighted by Gasteiger charge is -2.09. The standard InChI is InChI=1S/C20H24N2O3/c1-4-19(16-5-9-17(23)10-6-16)21-22-20(24)13-25-18-11-7-15(8-12-18)14(2)3/h5-12,14,23H,4,13H2,1-3H3,(H,22,24). The van der Waals surface area contributed by atoms with Gasteiger partial charge in [-0.3, -0.25) is 4.79 Å². The first-order valence-electron chi connectivity index (χ1n) is 8.37. The van der Waals surface area contributed by atoms with Crippen LogP contribution in [0.15, 0.2) is 53.6 Å². The van der Waals surface area contributed by atoms with Gasteiger partial charge < -0.3 is 9.84 Å². The molecule has 2 rings (SSSR count). The van der Waals surface area contributed by atoms with E-state index in [9.17, 15) is 9.90 Å². The highest BCUT2D eigenvalue weighted by molar-refractivity contribution is 6.01. The summed E-state index contributed by atoms with van der Waals surface area (Å²) in [5.41, 5.74) is 5.32. The minimum atomic E-state index is -0.322. The summed E-state index contributed by atoms with van der Waals surface area (Å²) >= 11 is 0. The summed E-state index contributed by atoms with van der Waals surface area (Å²) in [7, 11) is 0. The highest BCUT2D eigenvalue weighted by atomic mass is 16.5. The number of nitrogens with one attached hydrogen (secondary N) is 1. The average molecular weight is 340 g/mol. The summed E-state index contributed by atoms with van der Waals surface area (Å²) < 4.78 is 5.48. The molecule has 0 atom stereocenters. The fourth-order valence-corrected chi connectivity index (χ4v) is 2.26. The zero-order valence-corrected chi connectivity index (χ0v) is 14.8. The predicted octanol–water partition coefficient (Wildman–Crippen LogP) is 3.82. The molecule has 0 saturated heterocycles. The smallest absolute Gasteiger partial charge is 0.277 e. The molecule has 5 nitrogen and oxygen atoms in total. The first-order valence-corrected chi connectivity index (χ1v) is 8.37. The molecule has 1 amide bonds. The molecule has 2 aromatic carbocycles. The monoisotopic (exact) mass is 340 g/mol. The van der Waals surface area contributed by atoms with E-state index in [0.717, 1.165) is 11.3 Å². The van der Waals surface area contributed by atoms with Crippen molar-refractivity contribution in [1.82, 2.24) is 5.43 Å². The summed E-state index contributed by atoms with van der Waals surface area (Å²) in [6.07, 6.45) is 0.655. The lowest BCUT2D eigenvalue weighted by molar-refractivity contribution is -0.123. The third-order valence-electron chi connectivity index (χ3n) is 3.77. The maximum atomic E-state index is 11.9. The Morgan fingerprint density at radius 1 is 1.12 bits per heavy atom. The van der Waals surface area contributed by atoms with Gasteiger partial charge in [0.2, 0.25) is 0 Å². The van der Waals surface area contributed by atoms with E-state index in [1.165, 1.54) is 5.56 Å². The van der Waals surface area contributed by atoms with Crippen molar-refractivity contribution in [2.45, 2.75) is 33.1 Å². The SMILES string of the molecule is CCC(=NNC(=O)COc1ccc(C(C)C)cc1)c1ccc(O)cc1. The highest BCUT2D eigenvalue weighted by Gasteiger charge is 2.06. The lowest BCUT2D eigenvalue weighted by atomic mass is 10.0. The van der Waals surface area contributed by atoms with E-state index >= 15 is 0 Å². The molecule has 2 N–H and O–H groups in total. The molecule has 0 bridgehead atoms. The first kappa shape index (κ1) is 18.5. The van der Waals surface area contributed by atoms with E-state index in [1.54, 1.807) is 24.3 Å². The molecule has 0 spiro atoms. The number of phenolic OH excluding ortho intramolecular Hbond substituents is 1. The third kappa shape index (κ3) is 5.64. The Kier molecular flexibility index (Phi) is 6.57. The van der Waals surface area contributed by atoms with Gasteiger partial charge in [-0.1, -0.05) is 32.9 Å². The number of hydrogen-bond donors (Lipinski definition) is 2. The van der Waals surface area contributed by atoms with Gasteiger partial charge in [-0.15, -0.1) is 0 Å². The van der Waals surface area contributed by atoms with Crippen LogP contribution in [-0.2, 0) is 4.79 Å². The van der Waals surface area contributed by atoms with Gasteiger partial charge in [0.05, 0.1) is 5.71 Å². The Morgan fingerprint density at radius 3 is 2.32 bits per heavy atom. The molecule has 2 aromatic rings. The summed E-state index contributed by atoms with van der Waals surface area (Å²) in [5, 5.41) is 13.5. The zero-order valence-electron chi connectivity index (χ0n) is 14.8. The fourth-order valence-electron chi connectivity index (χ4n) is 2.26. The Balaban J connectivity index is 1.89. The normalized spacial score (nSPS) is 11.4. The van der Waals surface area contributed by atoms with E-state index in [4.69, 9.17) is 4.74 Å². The summed E-state index contributed by atoms with van der Waals surface area (Å²) in [6, 6.07) is 14.4. The van der Waals surface area contributed by atoms with Crippen molar-refractivity contribution in [3.63, 3.8) is 0 Å². The topological polar surface area (TPSA) is 70.9 Å². The van der Waals surface area contributed by atoms with Crippen LogP contribution < -0.4 is 10.2 Å². The second-order valence-electron chi connectivity index (χ2n) is 6.01. The van der Waals surface area contributed by atoms with Gasteiger partial charge in [-0.05, 0) is 59.9 Å². The summed E-state index contributed by atoms with van der Waals surface area (Å²) in [4.78, 5) is 11.9. The molecule has 0 radical (unpaired) electrons. The van der Waals surface area contributed by atoms with Gasteiger partial charge in [0, 0.05) is 0 Å². The largest absolute Gasteiger partial charge is 0.508 e. The van der Waals surface area contributed by atoms with Crippen LogP contribution in [0.5, 0.6) is 11.5 Å². The van der Waals surface area contributed by atoms with Crippen LogP contribution in [0.3, 0.4) is 0 Å². The molecular weight excluding hydrogens is 316 g/mol. The number of amides is 1. The van der Waals surface area contributed by atoms with Crippen molar-refractivity contribution < 1.29 is 14.6 Å². The van der Waals surface area contributed by atoms with Gasteiger partial charge in [0.1, 0.15) is 11.5 Å². The summed E-state index contributed by atoms with van der Waals surface area (Å²) in [5.74, 6) is 0.981. The Bertz CT molecular complexity index is 720. The number of aromatic hydroxyl groups is 1. The van der Waals surface area contributed by atoms with E-state index in [1.807, 2.05) is 31.2 Å². The zero-order chi connectivity index (χ0) is 18.2. The number of ether oxygens (including phenoxy) is 1. The van der Waals surface area contributed by atoms with Gasteiger partial charge in [-0.2, -0.15) is 5.10 Å². The van der Waals surface area contributed by atoms with Crippen molar-refractivity contribution in [2.24, 2.45) is 5.10 Å². The van der Waals surface area contributed by atoms with Crippen molar-refractivity contribution in [1.29, 1.82) is 0 Å². The molecule has 0 aliphatic rings. The van der Waals surface area contributed by atoms with E-state index in [2.05, 4.69) is 24.4 Å². The molecule has 0 aliphatic heterocycles. The fraction of sp³-hybridized carbons (Fsp3) is 0.300. The quantitative estimate of drug-likeness (QED) is 0.594. The van der Waals surface area contributed by atoms with Gasteiger partial charge in [0.15, 0.2) is 6.61 Å². The number of rotatable bonds is 7. The van der Waals surface area contributed by atoms with Crippen LogP contribution in [0.2, 0.25) is 0 Å². The first-order chi connectivity index (χ1) is 12.0. The number of carbonyl (C=O) groups is 1. The Morgan fingerprint density at radius 2 is 1.76 bits per heavy atom. The number of hydrazone groups is 1. The van der Waals surface area contributed by atoms with Crippen LogP contribution in [0.25, 0.3) is 0 Å². The van der Waals surface area contributed by atoms with Crippen LogP contribution in [-0.4, -0.2) is 23.3 Å². The minimum absolute atomic E-state index is 0.100. The van der Waals surface area contributed by atoms with Gasteiger partial charge in [0.25, 0.3) is 5.91 Å². The Hall–Kier alpha value is -2.82.